The van der Waals surface area contributed by atoms with Crippen LogP contribution in [0, 0.1) is 6.92 Å². The van der Waals surface area contributed by atoms with Crippen molar-refractivity contribution in [1.82, 2.24) is 10.3 Å². The van der Waals surface area contributed by atoms with Crippen LogP contribution in [-0.2, 0) is 5.41 Å². The molecule has 0 aromatic carbocycles. The van der Waals surface area contributed by atoms with Crippen LogP contribution in [0.1, 0.15) is 33.1 Å². The normalized spacial score (nSPS) is 15.5. The third-order valence-electron chi connectivity index (χ3n) is 3.90. The average Bonchev–Trinajstić information content (AvgIpc) is 3.21. The van der Waals surface area contributed by atoms with Crippen molar-refractivity contribution >= 4 is 17.2 Å². The number of hydrogen-bond acceptors (Lipinski definition) is 4. The molecule has 1 amide bonds. The van der Waals surface area contributed by atoms with E-state index in [9.17, 15) is 4.79 Å². The summed E-state index contributed by atoms with van der Waals surface area (Å²) < 4.78 is 5.26. The van der Waals surface area contributed by atoms with E-state index in [-0.39, 0.29) is 11.3 Å². The molecule has 1 aliphatic rings. The second-order valence-electron chi connectivity index (χ2n) is 5.43. The molecule has 2 heterocycles. The Bertz CT molecular complexity index is 648. The van der Waals surface area contributed by atoms with Crippen LogP contribution in [0.5, 0.6) is 5.75 Å². The van der Waals surface area contributed by atoms with Crippen molar-refractivity contribution in [1.29, 1.82) is 0 Å². The molecule has 1 saturated carbocycles. The Kier molecular flexibility index (Phi) is 3.68. The molecule has 5 heteroatoms. The maximum absolute atomic E-state index is 12.3. The second-order valence-corrected chi connectivity index (χ2v) is 6.69. The quantitative estimate of drug-likeness (QED) is 0.924. The van der Waals surface area contributed by atoms with E-state index in [0.717, 1.165) is 23.4 Å². The van der Waals surface area contributed by atoms with Crippen molar-refractivity contribution in [2.75, 3.05) is 13.7 Å². The summed E-state index contributed by atoms with van der Waals surface area (Å²) in [6.07, 6.45) is 3.96. The summed E-state index contributed by atoms with van der Waals surface area (Å²) in [6.45, 7) is 2.60. The van der Waals surface area contributed by atoms with E-state index in [0.29, 0.717) is 17.2 Å². The monoisotopic (exact) mass is 302 g/mol. The molecule has 110 valence electrons. The number of hydrogen-bond donors (Lipinski definition) is 1. The smallest absolute Gasteiger partial charge is 0.265 e. The first-order valence-corrected chi connectivity index (χ1v) is 7.80. The molecule has 0 bridgehead atoms. The van der Waals surface area contributed by atoms with Crippen molar-refractivity contribution in [2.24, 2.45) is 0 Å². The largest absolute Gasteiger partial charge is 0.495 e. The van der Waals surface area contributed by atoms with Gasteiger partial charge in [0.15, 0.2) is 0 Å². The number of aryl methyl sites for hydroxylation is 1. The van der Waals surface area contributed by atoms with Gasteiger partial charge in [0.1, 0.15) is 10.6 Å². The highest BCUT2D eigenvalue weighted by molar-refractivity contribution is 7.14. The number of aromatic nitrogens is 1. The number of nitrogens with zero attached hydrogens (tertiary/aromatic N) is 1. The molecule has 0 atom stereocenters. The molecule has 1 aliphatic carbocycles. The van der Waals surface area contributed by atoms with Gasteiger partial charge in [-0.15, -0.1) is 11.3 Å². The minimum atomic E-state index is -0.0628. The lowest BCUT2D eigenvalue weighted by Crippen LogP contribution is -2.32. The van der Waals surface area contributed by atoms with E-state index < -0.39 is 0 Å². The standard InChI is InChI=1S/C16H18N2O2S/c1-11-9-12(20-2)14(21-11)15(19)18-10-16(6-7-16)13-5-3-4-8-17-13/h3-5,8-9H,6-7,10H2,1-2H3,(H,18,19). The fraction of sp³-hybridized carbons (Fsp3) is 0.375. The van der Waals surface area contributed by atoms with Gasteiger partial charge in [0.05, 0.1) is 7.11 Å². The van der Waals surface area contributed by atoms with Gasteiger partial charge in [0, 0.05) is 28.7 Å². The third-order valence-corrected chi connectivity index (χ3v) is 4.93. The number of nitrogens with one attached hydrogen (secondary N) is 1. The van der Waals surface area contributed by atoms with Crippen molar-refractivity contribution in [3.8, 4) is 5.75 Å². The number of ether oxygens (including phenoxy) is 1. The van der Waals surface area contributed by atoms with Crippen LogP contribution >= 0.6 is 11.3 Å². The Morgan fingerprint density at radius 3 is 2.90 bits per heavy atom. The molecular formula is C16H18N2O2S. The molecule has 21 heavy (non-hydrogen) atoms. The SMILES string of the molecule is COc1cc(C)sc1C(=O)NCC1(c2ccccn2)CC1. The zero-order chi connectivity index (χ0) is 14.9. The highest BCUT2D eigenvalue weighted by atomic mass is 32.1. The molecule has 0 aliphatic heterocycles. The van der Waals surface area contributed by atoms with Crippen molar-refractivity contribution in [3.63, 3.8) is 0 Å². The summed E-state index contributed by atoms with van der Waals surface area (Å²) in [5.74, 6) is 0.588. The van der Waals surface area contributed by atoms with E-state index in [1.54, 1.807) is 7.11 Å². The van der Waals surface area contributed by atoms with Gasteiger partial charge in [-0.3, -0.25) is 9.78 Å². The number of carbonyl (C=O) groups is 1. The number of carbonyl (C=O) groups excluding carboxylic acids is 1. The fourth-order valence-corrected chi connectivity index (χ4v) is 3.38. The lowest BCUT2D eigenvalue weighted by Gasteiger charge is -2.15. The summed E-state index contributed by atoms with van der Waals surface area (Å²) >= 11 is 1.46. The van der Waals surface area contributed by atoms with Gasteiger partial charge in [-0.05, 0) is 38.0 Å². The van der Waals surface area contributed by atoms with Gasteiger partial charge in [-0.1, -0.05) is 6.07 Å². The van der Waals surface area contributed by atoms with Crippen LogP contribution in [-0.4, -0.2) is 24.5 Å². The minimum Gasteiger partial charge on any atom is -0.495 e. The van der Waals surface area contributed by atoms with Crippen LogP contribution in [0.4, 0.5) is 0 Å². The molecule has 2 aromatic heterocycles. The van der Waals surface area contributed by atoms with Gasteiger partial charge < -0.3 is 10.1 Å². The van der Waals surface area contributed by atoms with Crippen LogP contribution in [0.3, 0.4) is 0 Å². The highest BCUT2D eigenvalue weighted by Gasteiger charge is 2.45. The van der Waals surface area contributed by atoms with Crippen LogP contribution in [0.25, 0.3) is 0 Å². The highest BCUT2D eigenvalue weighted by Crippen LogP contribution is 2.46. The lowest BCUT2D eigenvalue weighted by molar-refractivity contribution is 0.0951. The third kappa shape index (κ3) is 2.78. The molecule has 0 unspecified atom stereocenters. The second kappa shape index (κ2) is 5.48. The molecule has 0 saturated heterocycles. The number of methoxy groups -OCH3 is 1. The van der Waals surface area contributed by atoms with Crippen LogP contribution in [0.2, 0.25) is 0 Å². The molecule has 2 aromatic rings. The first-order chi connectivity index (χ1) is 10.1. The lowest BCUT2D eigenvalue weighted by atomic mass is 10.0. The maximum Gasteiger partial charge on any atom is 0.265 e. The molecule has 1 N–H and O–H groups in total. The Hall–Kier alpha value is -1.88. The number of thiophene rings is 1. The Morgan fingerprint density at radius 1 is 1.48 bits per heavy atom. The fourth-order valence-electron chi connectivity index (χ4n) is 2.48. The molecule has 0 radical (unpaired) electrons. The summed E-state index contributed by atoms with van der Waals surface area (Å²) in [5, 5.41) is 3.04. The van der Waals surface area contributed by atoms with E-state index in [1.165, 1.54) is 11.3 Å². The summed E-state index contributed by atoms with van der Waals surface area (Å²) in [7, 11) is 1.59. The van der Waals surface area contributed by atoms with Gasteiger partial charge in [0.25, 0.3) is 5.91 Å². The van der Waals surface area contributed by atoms with E-state index in [4.69, 9.17) is 4.74 Å². The maximum atomic E-state index is 12.3. The predicted octanol–water partition coefficient (Wildman–Crippen LogP) is 2.92. The van der Waals surface area contributed by atoms with E-state index in [2.05, 4.69) is 10.3 Å². The molecule has 0 spiro atoms. The Morgan fingerprint density at radius 2 is 2.29 bits per heavy atom. The zero-order valence-electron chi connectivity index (χ0n) is 12.2. The summed E-state index contributed by atoms with van der Waals surface area (Å²) in [5.41, 5.74) is 1.09. The summed E-state index contributed by atoms with van der Waals surface area (Å²) in [6, 6.07) is 7.84. The molecular weight excluding hydrogens is 284 g/mol. The Labute approximate surface area is 128 Å². The molecule has 4 nitrogen and oxygen atoms in total. The van der Waals surface area contributed by atoms with E-state index in [1.807, 2.05) is 37.4 Å². The van der Waals surface area contributed by atoms with Crippen molar-refractivity contribution < 1.29 is 9.53 Å². The van der Waals surface area contributed by atoms with Crippen molar-refractivity contribution in [3.05, 3.63) is 45.9 Å². The minimum absolute atomic E-state index is 0.0243. The first kappa shape index (κ1) is 14.1. The molecule has 1 fully saturated rings. The van der Waals surface area contributed by atoms with Crippen LogP contribution < -0.4 is 10.1 Å². The Balaban J connectivity index is 1.69. The van der Waals surface area contributed by atoms with Crippen molar-refractivity contribution in [2.45, 2.75) is 25.2 Å². The zero-order valence-corrected chi connectivity index (χ0v) is 13.0. The van der Waals surface area contributed by atoms with Gasteiger partial charge in [0.2, 0.25) is 0 Å². The number of pyridine rings is 1. The van der Waals surface area contributed by atoms with Gasteiger partial charge in [-0.25, -0.2) is 0 Å². The number of rotatable bonds is 5. The first-order valence-electron chi connectivity index (χ1n) is 6.99. The topological polar surface area (TPSA) is 51.2 Å². The summed E-state index contributed by atoms with van der Waals surface area (Å²) in [4.78, 5) is 18.5. The predicted molar refractivity (Wildman–Crippen MR) is 83.1 cm³/mol. The number of amides is 1. The van der Waals surface area contributed by atoms with Crippen LogP contribution in [0.15, 0.2) is 30.5 Å². The average molecular weight is 302 g/mol. The van der Waals surface area contributed by atoms with Gasteiger partial charge >= 0.3 is 0 Å². The molecule has 3 rings (SSSR count). The van der Waals surface area contributed by atoms with E-state index >= 15 is 0 Å². The van der Waals surface area contributed by atoms with Gasteiger partial charge in [-0.2, -0.15) is 0 Å².